The Morgan fingerprint density at radius 1 is 0.879 bits per heavy atom. The number of rotatable bonds is 5. The first-order chi connectivity index (χ1) is 15.5. The van der Waals surface area contributed by atoms with Gasteiger partial charge in [0, 0.05) is 32.7 Å². The van der Waals surface area contributed by atoms with Gasteiger partial charge in [-0.25, -0.2) is 0 Å². The molecule has 0 spiro atoms. The number of halogens is 2. The van der Waals surface area contributed by atoms with Crippen molar-refractivity contribution in [2.24, 2.45) is 17.3 Å². The van der Waals surface area contributed by atoms with Gasteiger partial charge in [0.15, 0.2) is 10.2 Å². The van der Waals surface area contributed by atoms with Gasteiger partial charge < -0.3 is 21.3 Å². The molecular weight excluding hydrogens is 588 g/mol. The van der Waals surface area contributed by atoms with E-state index in [1.807, 2.05) is 62.4 Å². The van der Waals surface area contributed by atoms with Crippen molar-refractivity contribution in [3.05, 3.63) is 57.5 Å². The lowest BCUT2D eigenvalue weighted by molar-refractivity contribution is -0.143. The van der Waals surface area contributed by atoms with Crippen LogP contribution in [0.25, 0.3) is 0 Å². The third-order valence-electron chi connectivity index (χ3n) is 5.91. The van der Waals surface area contributed by atoms with E-state index in [-0.39, 0.29) is 39.3 Å². The van der Waals surface area contributed by atoms with Crippen LogP contribution in [-0.2, 0) is 9.59 Å². The Balaban J connectivity index is 1.45. The molecule has 0 unspecified atom stereocenters. The number of hydrogen-bond donors (Lipinski definition) is 4. The van der Waals surface area contributed by atoms with E-state index >= 15 is 0 Å². The van der Waals surface area contributed by atoms with Crippen LogP contribution in [0.2, 0.25) is 0 Å². The monoisotopic (exact) mass is 610 g/mol. The molecule has 10 heteroatoms. The van der Waals surface area contributed by atoms with Gasteiger partial charge in [-0.3, -0.25) is 9.59 Å². The predicted molar refractivity (Wildman–Crippen MR) is 147 cm³/mol. The Morgan fingerprint density at radius 3 is 1.79 bits per heavy atom. The van der Waals surface area contributed by atoms with Crippen LogP contribution in [0.5, 0.6) is 0 Å². The smallest absolute Gasteiger partial charge is 0.229 e. The van der Waals surface area contributed by atoms with Crippen molar-refractivity contribution in [1.29, 1.82) is 0 Å². The summed E-state index contributed by atoms with van der Waals surface area (Å²) in [4.78, 5) is 25.2. The lowest BCUT2D eigenvalue weighted by Gasteiger charge is -2.51. The van der Waals surface area contributed by atoms with Crippen molar-refractivity contribution >= 4 is 89.7 Å². The molecule has 2 amide bonds. The third kappa shape index (κ3) is 7.05. The fourth-order valence-corrected chi connectivity index (χ4v) is 4.78. The van der Waals surface area contributed by atoms with Crippen molar-refractivity contribution < 1.29 is 9.59 Å². The van der Waals surface area contributed by atoms with Gasteiger partial charge in [-0.2, -0.15) is 0 Å². The highest BCUT2D eigenvalue weighted by Crippen LogP contribution is 2.52. The maximum absolute atomic E-state index is 12.8. The zero-order chi connectivity index (χ0) is 24.2. The summed E-state index contributed by atoms with van der Waals surface area (Å²) in [5.74, 6) is -0.475. The van der Waals surface area contributed by atoms with Gasteiger partial charge in [0.1, 0.15) is 0 Å². The fraction of sp³-hybridized carbons (Fsp3) is 0.304. The molecule has 6 nitrogen and oxygen atoms in total. The quantitative estimate of drug-likeness (QED) is 0.330. The van der Waals surface area contributed by atoms with E-state index < -0.39 is 0 Å². The molecule has 0 aromatic heterocycles. The number of thiocarbonyl (C=S) groups is 2. The van der Waals surface area contributed by atoms with Crippen LogP contribution >= 0.6 is 56.3 Å². The van der Waals surface area contributed by atoms with Gasteiger partial charge in [0.2, 0.25) is 11.8 Å². The highest BCUT2D eigenvalue weighted by atomic mass is 79.9. The van der Waals surface area contributed by atoms with Crippen molar-refractivity contribution in [3.8, 4) is 0 Å². The van der Waals surface area contributed by atoms with E-state index in [2.05, 4.69) is 53.1 Å². The van der Waals surface area contributed by atoms with Crippen molar-refractivity contribution in [2.75, 3.05) is 10.6 Å². The van der Waals surface area contributed by atoms with E-state index in [0.717, 1.165) is 20.3 Å². The molecule has 2 aromatic rings. The summed E-state index contributed by atoms with van der Waals surface area (Å²) >= 11 is 17.3. The zero-order valence-electron chi connectivity index (χ0n) is 18.1. The van der Waals surface area contributed by atoms with Crippen molar-refractivity contribution in [3.63, 3.8) is 0 Å². The zero-order valence-corrected chi connectivity index (χ0v) is 22.9. The summed E-state index contributed by atoms with van der Waals surface area (Å²) in [7, 11) is 0. The fourth-order valence-electron chi connectivity index (χ4n) is 3.80. The summed E-state index contributed by atoms with van der Waals surface area (Å²) in [6.45, 7) is 4.00. The number of nitrogens with one attached hydrogen (secondary N) is 4. The summed E-state index contributed by atoms with van der Waals surface area (Å²) < 4.78 is 1.91. The molecular formula is C23H24Br2N4O2S2. The Morgan fingerprint density at radius 2 is 1.33 bits per heavy atom. The van der Waals surface area contributed by atoms with Gasteiger partial charge in [0.25, 0.3) is 0 Å². The average molecular weight is 612 g/mol. The van der Waals surface area contributed by atoms with Gasteiger partial charge in [-0.05, 0) is 90.7 Å². The molecule has 0 aliphatic heterocycles. The largest absolute Gasteiger partial charge is 0.332 e. The molecule has 0 bridgehead atoms. The van der Waals surface area contributed by atoms with Gasteiger partial charge in [-0.15, -0.1) is 0 Å². The second kappa shape index (κ2) is 11.0. The molecule has 0 radical (unpaired) electrons. The minimum Gasteiger partial charge on any atom is -0.332 e. The van der Waals surface area contributed by atoms with E-state index in [4.69, 9.17) is 24.4 Å². The van der Waals surface area contributed by atoms with Crippen LogP contribution in [0.1, 0.15) is 26.7 Å². The molecule has 1 aliphatic rings. The predicted octanol–water partition coefficient (Wildman–Crippen LogP) is 5.59. The number of hydrogen-bond acceptors (Lipinski definition) is 4. The molecule has 0 saturated heterocycles. The second-order valence-electron chi connectivity index (χ2n) is 8.47. The molecule has 2 aromatic carbocycles. The molecule has 174 valence electrons. The maximum Gasteiger partial charge on any atom is 0.229 e. The van der Waals surface area contributed by atoms with Crippen LogP contribution in [0.4, 0.5) is 11.4 Å². The van der Waals surface area contributed by atoms with Crippen LogP contribution in [0.15, 0.2) is 57.5 Å². The lowest BCUT2D eigenvalue weighted by atomic mass is 9.53. The first-order valence-electron chi connectivity index (χ1n) is 10.3. The van der Waals surface area contributed by atoms with Crippen molar-refractivity contribution in [2.45, 2.75) is 26.7 Å². The van der Waals surface area contributed by atoms with Gasteiger partial charge in [0.05, 0.1) is 0 Å². The van der Waals surface area contributed by atoms with E-state index in [1.54, 1.807) is 0 Å². The molecule has 3 rings (SSSR count). The SMILES string of the molecule is CC1(C)[C@@H](CC(=O)NC(=S)Nc2ccc(Br)cc2)C[C@@H]1C(=O)NC(=S)Nc1ccc(Br)cc1. The number of anilines is 2. The summed E-state index contributed by atoms with van der Waals surface area (Å²) in [6, 6.07) is 15.0. The van der Waals surface area contributed by atoms with Crippen LogP contribution in [0, 0.1) is 17.3 Å². The third-order valence-corrected chi connectivity index (χ3v) is 7.38. The van der Waals surface area contributed by atoms with Crippen LogP contribution in [-0.4, -0.2) is 22.0 Å². The highest BCUT2D eigenvalue weighted by Gasteiger charge is 2.52. The molecule has 1 aliphatic carbocycles. The normalized spacial score (nSPS) is 18.4. The molecule has 1 fully saturated rings. The Kier molecular flexibility index (Phi) is 8.60. The van der Waals surface area contributed by atoms with E-state index in [1.165, 1.54) is 0 Å². The van der Waals surface area contributed by atoms with E-state index in [9.17, 15) is 9.59 Å². The summed E-state index contributed by atoms with van der Waals surface area (Å²) in [6.07, 6.45) is 0.903. The average Bonchev–Trinajstić information content (AvgIpc) is 2.74. The molecule has 1 saturated carbocycles. The lowest BCUT2D eigenvalue weighted by Crippen LogP contribution is -2.55. The molecule has 0 heterocycles. The van der Waals surface area contributed by atoms with E-state index in [0.29, 0.717) is 12.8 Å². The first-order valence-corrected chi connectivity index (χ1v) is 12.7. The first kappa shape index (κ1) is 25.7. The van der Waals surface area contributed by atoms with Crippen LogP contribution in [0.3, 0.4) is 0 Å². The number of benzene rings is 2. The van der Waals surface area contributed by atoms with Gasteiger partial charge in [-0.1, -0.05) is 45.7 Å². The molecule has 4 N–H and O–H groups in total. The van der Waals surface area contributed by atoms with Crippen LogP contribution < -0.4 is 21.3 Å². The molecule has 33 heavy (non-hydrogen) atoms. The topological polar surface area (TPSA) is 82.3 Å². The number of carbonyl (C=O) groups excluding carboxylic acids is 2. The minimum atomic E-state index is -0.338. The van der Waals surface area contributed by atoms with Crippen molar-refractivity contribution in [1.82, 2.24) is 10.6 Å². The Labute approximate surface area is 220 Å². The summed E-state index contributed by atoms with van der Waals surface area (Å²) in [5.41, 5.74) is 1.24. The maximum atomic E-state index is 12.8. The number of amides is 2. The second-order valence-corrected chi connectivity index (χ2v) is 11.1. The van der Waals surface area contributed by atoms with Gasteiger partial charge >= 0.3 is 0 Å². The molecule has 2 atom stereocenters. The standard InChI is InChI=1S/C23H24Br2N4O2S2/c1-23(2)13(12-19(30)28-21(32)26-16-7-3-14(24)4-8-16)11-18(23)20(31)29-22(33)27-17-9-5-15(25)6-10-17/h3-10,13,18H,11-12H2,1-2H3,(H2,26,28,30,32)(H2,27,29,31,33)/t13-,18-/m1/s1. The number of carbonyl (C=O) groups is 2. The Hall–Kier alpha value is -1.88. The summed E-state index contributed by atoms with van der Waals surface area (Å²) in [5, 5.41) is 12.0. The highest BCUT2D eigenvalue weighted by molar-refractivity contribution is 9.10. The minimum absolute atomic E-state index is 0.0664. The Bertz CT molecular complexity index is 1060.